The SMILES string of the molecule is COC(=O)c1ccc(NC(C)(C)C(=O)N[C@H]2[C@@H]3CC4C[C@H]2C[C@](F)(C4)C3)cc1. The van der Waals surface area contributed by atoms with Gasteiger partial charge in [0.05, 0.1) is 12.7 Å². The van der Waals surface area contributed by atoms with Crippen LogP contribution in [0.4, 0.5) is 10.1 Å². The second-order valence-corrected chi connectivity index (χ2v) is 9.44. The van der Waals surface area contributed by atoms with Gasteiger partial charge in [-0.3, -0.25) is 4.79 Å². The molecule has 4 fully saturated rings. The molecule has 152 valence electrons. The number of rotatable bonds is 5. The number of carbonyl (C=O) groups excluding carboxylic acids is 2. The maximum Gasteiger partial charge on any atom is 0.337 e. The molecule has 1 amide bonds. The van der Waals surface area contributed by atoms with Gasteiger partial charge in [-0.25, -0.2) is 9.18 Å². The average Bonchev–Trinajstić information content (AvgIpc) is 2.62. The van der Waals surface area contributed by atoms with Crippen molar-refractivity contribution in [3.05, 3.63) is 29.8 Å². The third-order valence-electron chi connectivity index (χ3n) is 6.83. The second-order valence-electron chi connectivity index (χ2n) is 9.44. The smallest absolute Gasteiger partial charge is 0.337 e. The fourth-order valence-electron chi connectivity index (χ4n) is 5.72. The van der Waals surface area contributed by atoms with Crippen LogP contribution in [0, 0.1) is 17.8 Å². The van der Waals surface area contributed by atoms with Crippen molar-refractivity contribution in [3.8, 4) is 0 Å². The lowest BCUT2D eigenvalue weighted by Gasteiger charge is -2.57. The van der Waals surface area contributed by atoms with Gasteiger partial charge in [-0.1, -0.05) is 0 Å². The van der Waals surface area contributed by atoms with Crippen LogP contribution < -0.4 is 10.6 Å². The molecule has 2 N–H and O–H groups in total. The average molecular weight is 388 g/mol. The zero-order chi connectivity index (χ0) is 20.1. The quantitative estimate of drug-likeness (QED) is 0.755. The number of hydrogen-bond donors (Lipinski definition) is 2. The van der Waals surface area contributed by atoms with Gasteiger partial charge in [0.1, 0.15) is 11.2 Å². The van der Waals surface area contributed by atoms with Crippen LogP contribution in [0.25, 0.3) is 0 Å². The van der Waals surface area contributed by atoms with Gasteiger partial charge in [0.2, 0.25) is 5.91 Å². The predicted molar refractivity (Wildman–Crippen MR) is 105 cm³/mol. The van der Waals surface area contributed by atoms with E-state index in [0.29, 0.717) is 24.3 Å². The third kappa shape index (κ3) is 3.49. The van der Waals surface area contributed by atoms with Gasteiger partial charge >= 0.3 is 5.97 Å². The lowest BCUT2D eigenvalue weighted by molar-refractivity contribution is -0.133. The molecule has 4 aliphatic carbocycles. The fraction of sp³-hybridized carbons (Fsp3) is 0.636. The first-order valence-corrected chi connectivity index (χ1v) is 10.2. The van der Waals surface area contributed by atoms with E-state index in [-0.39, 0.29) is 23.8 Å². The molecule has 0 saturated heterocycles. The van der Waals surface area contributed by atoms with Crippen LogP contribution in [-0.2, 0) is 9.53 Å². The maximum atomic E-state index is 14.9. The molecular formula is C22H29FN2O3. The summed E-state index contributed by atoms with van der Waals surface area (Å²) in [5, 5.41) is 6.48. The normalized spacial score (nSPS) is 33.4. The Kier molecular flexibility index (Phi) is 4.63. The van der Waals surface area contributed by atoms with E-state index in [4.69, 9.17) is 4.74 Å². The van der Waals surface area contributed by atoms with Gasteiger partial charge in [0, 0.05) is 11.7 Å². The molecule has 5 nitrogen and oxygen atoms in total. The van der Waals surface area contributed by atoms with Crippen molar-refractivity contribution < 1.29 is 18.7 Å². The summed E-state index contributed by atoms with van der Waals surface area (Å²) in [6.07, 6.45) is 3.98. The van der Waals surface area contributed by atoms with Gasteiger partial charge in [0.25, 0.3) is 0 Å². The Hall–Kier alpha value is -2.11. The van der Waals surface area contributed by atoms with Crippen LogP contribution in [0.1, 0.15) is 56.3 Å². The highest BCUT2D eigenvalue weighted by atomic mass is 19.1. The molecule has 4 saturated carbocycles. The molecule has 1 unspecified atom stereocenters. The first-order valence-electron chi connectivity index (χ1n) is 10.2. The van der Waals surface area contributed by atoms with Gasteiger partial charge < -0.3 is 15.4 Å². The van der Waals surface area contributed by atoms with Crippen LogP contribution in [0.15, 0.2) is 24.3 Å². The van der Waals surface area contributed by atoms with E-state index in [1.807, 2.05) is 13.8 Å². The summed E-state index contributed by atoms with van der Waals surface area (Å²) in [4.78, 5) is 24.6. The number of alkyl halides is 1. The van der Waals surface area contributed by atoms with E-state index in [0.717, 1.165) is 24.9 Å². The van der Waals surface area contributed by atoms with Crippen LogP contribution in [0.2, 0.25) is 0 Å². The molecule has 0 radical (unpaired) electrons. The van der Waals surface area contributed by atoms with Crippen LogP contribution in [-0.4, -0.2) is 36.2 Å². The Morgan fingerprint density at radius 3 is 2.25 bits per heavy atom. The number of methoxy groups -OCH3 is 1. The number of esters is 1. The topological polar surface area (TPSA) is 67.4 Å². The highest BCUT2D eigenvalue weighted by Gasteiger charge is 2.56. The van der Waals surface area contributed by atoms with E-state index in [2.05, 4.69) is 10.6 Å². The van der Waals surface area contributed by atoms with Gasteiger partial charge in [-0.05, 0) is 88.0 Å². The molecule has 1 aromatic carbocycles. The first kappa shape index (κ1) is 19.2. The minimum Gasteiger partial charge on any atom is -0.465 e. The Bertz CT molecular complexity index is 760. The van der Waals surface area contributed by atoms with E-state index < -0.39 is 17.2 Å². The lowest BCUT2D eigenvalue weighted by Crippen LogP contribution is -2.63. The van der Waals surface area contributed by atoms with Crippen molar-refractivity contribution in [2.75, 3.05) is 12.4 Å². The summed E-state index contributed by atoms with van der Waals surface area (Å²) in [6.45, 7) is 3.67. The number of benzene rings is 1. The number of anilines is 1. The highest BCUT2D eigenvalue weighted by Crippen LogP contribution is 2.57. The number of ether oxygens (including phenoxy) is 1. The molecule has 6 heteroatoms. The van der Waals surface area contributed by atoms with E-state index in [1.54, 1.807) is 24.3 Å². The summed E-state index contributed by atoms with van der Waals surface area (Å²) in [5.41, 5.74) is -0.605. The third-order valence-corrected chi connectivity index (χ3v) is 6.83. The van der Waals surface area contributed by atoms with Crippen LogP contribution in [0.3, 0.4) is 0 Å². The zero-order valence-electron chi connectivity index (χ0n) is 16.8. The molecule has 5 atom stereocenters. The minimum atomic E-state index is -0.993. The van der Waals surface area contributed by atoms with Crippen molar-refractivity contribution in [1.82, 2.24) is 5.32 Å². The fourth-order valence-corrected chi connectivity index (χ4v) is 5.72. The monoisotopic (exact) mass is 388 g/mol. The summed E-state index contributed by atoms with van der Waals surface area (Å²) >= 11 is 0. The zero-order valence-corrected chi connectivity index (χ0v) is 16.8. The highest BCUT2D eigenvalue weighted by molar-refractivity contribution is 5.91. The molecule has 4 bridgehead atoms. The van der Waals surface area contributed by atoms with Crippen molar-refractivity contribution in [2.45, 2.75) is 63.2 Å². The Labute approximate surface area is 165 Å². The van der Waals surface area contributed by atoms with E-state index >= 15 is 0 Å². The summed E-state index contributed by atoms with van der Waals surface area (Å²) in [6, 6.07) is 6.94. The van der Waals surface area contributed by atoms with Gasteiger partial charge in [-0.2, -0.15) is 0 Å². The van der Waals surface area contributed by atoms with Crippen molar-refractivity contribution in [2.24, 2.45) is 17.8 Å². The van der Waals surface area contributed by atoms with E-state index in [9.17, 15) is 14.0 Å². The van der Waals surface area contributed by atoms with Gasteiger partial charge in [0.15, 0.2) is 0 Å². The number of nitrogens with one attached hydrogen (secondary N) is 2. The maximum absolute atomic E-state index is 14.9. The molecule has 0 spiro atoms. The number of halogens is 1. The lowest BCUT2D eigenvalue weighted by atomic mass is 9.53. The second kappa shape index (κ2) is 6.75. The number of carbonyl (C=O) groups is 2. The van der Waals surface area contributed by atoms with Crippen molar-refractivity contribution in [1.29, 1.82) is 0 Å². The standard InChI is InChI=1S/C22H29FN2O3/c1-21(2,25-17-6-4-14(5-7-17)19(26)28-3)20(27)24-18-15-8-13-9-16(18)12-22(23,10-13)11-15/h4-7,13,15-16,18,25H,8-12H2,1-3H3,(H,24,27)/t13?,15-,16+,18+,22+. The predicted octanol–water partition coefficient (Wildman–Crippen LogP) is 3.70. The molecule has 0 heterocycles. The summed E-state index contributed by atoms with van der Waals surface area (Å²) in [7, 11) is 1.34. The molecule has 5 rings (SSSR count). The Balaban J connectivity index is 1.41. The molecule has 4 aliphatic rings. The van der Waals surface area contributed by atoms with Gasteiger partial charge in [-0.15, -0.1) is 0 Å². The minimum absolute atomic E-state index is 0.0741. The van der Waals surface area contributed by atoms with Crippen LogP contribution >= 0.6 is 0 Å². The van der Waals surface area contributed by atoms with Crippen molar-refractivity contribution >= 4 is 17.6 Å². The largest absolute Gasteiger partial charge is 0.465 e. The van der Waals surface area contributed by atoms with Crippen LogP contribution in [0.5, 0.6) is 0 Å². The molecule has 1 aromatic rings. The van der Waals surface area contributed by atoms with Crippen molar-refractivity contribution in [3.63, 3.8) is 0 Å². The molecule has 0 aromatic heterocycles. The Morgan fingerprint density at radius 1 is 1.11 bits per heavy atom. The molecular weight excluding hydrogens is 359 g/mol. The molecule has 28 heavy (non-hydrogen) atoms. The number of amides is 1. The van der Waals surface area contributed by atoms with E-state index in [1.165, 1.54) is 7.11 Å². The molecule has 0 aliphatic heterocycles. The Morgan fingerprint density at radius 2 is 1.71 bits per heavy atom. The number of hydrogen-bond acceptors (Lipinski definition) is 4. The summed E-state index contributed by atoms with van der Waals surface area (Å²) < 4.78 is 19.6. The summed E-state index contributed by atoms with van der Waals surface area (Å²) in [5.74, 6) is 0.548. The first-order chi connectivity index (χ1) is 13.2.